The number of carboxylic acids is 1. The van der Waals surface area contributed by atoms with Crippen molar-refractivity contribution < 1.29 is 19.4 Å². The van der Waals surface area contributed by atoms with E-state index in [-0.39, 0.29) is 12.2 Å². The van der Waals surface area contributed by atoms with E-state index in [9.17, 15) is 14.7 Å². The number of aliphatic carboxylic acids is 1. The van der Waals surface area contributed by atoms with Gasteiger partial charge in [-0.2, -0.15) is 4.42 Å². The van der Waals surface area contributed by atoms with Gasteiger partial charge in [0.1, 0.15) is 0 Å². The Morgan fingerprint density at radius 1 is 1.31 bits per heavy atom. The van der Waals surface area contributed by atoms with E-state index in [4.69, 9.17) is 39.7 Å². The minimum atomic E-state index is -2.20. The van der Waals surface area contributed by atoms with Crippen molar-refractivity contribution in [3.05, 3.63) is 36.0 Å². The highest BCUT2D eigenvalue weighted by Gasteiger charge is 2.60. The van der Waals surface area contributed by atoms with E-state index < -0.39 is 21.9 Å². The van der Waals surface area contributed by atoms with Crippen LogP contribution in [0.4, 0.5) is 4.79 Å². The Balaban J connectivity index is 2.46. The molecular formula is C17H19Cl3N2O4. The second-order valence-corrected chi connectivity index (χ2v) is 7.61. The van der Waals surface area contributed by atoms with E-state index in [0.29, 0.717) is 21.7 Å². The summed E-state index contributed by atoms with van der Waals surface area (Å²) in [5, 5.41) is 10.4. The summed E-state index contributed by atoms with van der Waals surface area (Å²) < 4.78 is 3.35. The van der Waals surface area contributed by atoms with E-state index in [2.05, 4.69) is 4.98 Å². The summed E-state index contributed by atoms with van der Waals surface area (Å²) in [5.41, 5.74) is -1.20. The smallest absolute Gasteiger partial charge is 0.425 e. The van der Waals surface area contributed by atoms with Crippen molar-refractivity contribution in [3.8, 4) is 0 Å². The molecule has 9 heteroatoms. The molecule has 0 radical (unpaired) electrons. The maximum absolute atomic E-state index is 12.2. The second kappa shape index (κ2) is 7.94. The van der Waals surface area contributed by atoms with Crippen molar-refractivity contribution in [2.75, 3.05) is 6.61 Å². The first-order valence-electron chi connectivity index (χ1n) is 7.98. The predicted octanol–water partition coefficient (Wildman–Crippen LogP) is 5.03. The number of halogens is 3. The molecule has 0 aliphatic carbocycles. The Bertz CT molecular complexity index is 808. The fraction of sp³-hybridized carbons (Fsp3) is 0.412. The monoisotopic (exact) mass is 420 g/mol. The van der Waals surface area contributed by atoms with Gasteiger partial charge in [0.15, 0.2) is 9.87 Å². The van der Waals surface area contributed by atoms with Crippen LogP contribution >= 0.6 is 35.0 Å². The van der Waals surface area contributed by atoms with Gasteiger partial charge in [-0.05, 0) is 19.4 Å². The molecule has 0 unspecified atom stereocenters. The summed E-state index contributed by atoms with van der Waals surface area (Å²) in [7, 11) is 0. The molecule has 0 saturated carbocycles. The van der Waals surface area contributed by atoms with Gasteiger partial charge in [-0.25, -0.2) is 9.59 Å². The molecule has 1 aromatic carbocycles. The molecule has 1 amide bonds. The van der Waals surface area contributed by atoms with Crippen LogP contribution in [0.3, 0.4) is 0 Å². The number of ether oxygens (including phenoxy) is 1. The summed E-state index contributed by atoms with van der Waals surface area (Å²) in [5.74, 6) is -1.48. The number of amides is 1. The van der Waals surface area contributed by atoms with Crippen LogP contribution in [0.25, 0.3) is 10.9 Å². The number of hydrogen-bond acceptors (Lipinski definition) is 3. The van der Waals surface area contributed by atoms with Crippen LogP contribution < -0.4 is 0 Å². The number of aromatic amines is 1. The van der Waals surface area contributed by atoms with Crippen molar-refractivity contribution in [1.29, 1.82) is 0 Å². The van der Waals surface area contributed by atoms with Crippen LogP contribution in [-0.2, 0) is 13.9 Å². The first-order valence-corrected chi connectivity index (χ1v) is 9.07. The number of H-pyrrole nitrogens is 1. The number of para-hydroxylation sites is 1. The van der Waals surface area contributed by atoms with Gasteiger partial charge in [0, 0.05) is 34.4 Å². The Hall–Kier alpha value is -1.63. The largest absolute Gasteiger partial charge is 0.479 e. The van der Waals surface area contributed by atoms with Crippen LogP contribution in [0.1, 0.15) is 32.3 Å². The number of rotatable bonds is 7. The maximum atomic E-state index is 12.2. The highest BCUT2D eigenvalue weighted by Crippen LogP contribution is 2.50. The Morgan fingerprint density at radius 2 is 1.96 bits per heavy atom. The lowest BCUT2D eigenvalue weighted by Crippen LogP contribution is -2.59. The van der Waals surface area contributed by atoms with Crippen molar-refractivity contribution in [1.82, 2.24) is 9.40 Å². The Morgan fingerprint density at radius 3 is 2.58 bits per heavy atom. The predicted molar refractivity (Wildman–Crippen MR) is 102 cm³/mol. The van der Waals surface area contributed by atoms with Crippen molar-refractivity contribution in [3.63, 3.8) is 0 Å². The van der Waals surface area contributed by atoms with Gasteiger partial charge in [-0.3, -0.25) is 0 Å². The molecule has 0 aliphatic rings. The van der Waals surface area contributed by atoms with Crippen molar-refractivity contribution in [2.24, 2.45) is 0 Å². The number of fused-ring (bicyclic) bond motifs is 1. The van der Waals surface area contributed by atoms with E-state index in [1.807, 2.05) is 13.0 Å². The van der Waals surface area contributed by atoms with Gasteiger partial charge in [-0.1, -0.05) is 54.7 Å². The lowest BCUT2D eigenvalue weighted by molar-refractivity contribution is -0.147. The molecule has 0 saturated heterocycles. The zero-order valence-corrected chi connectivity index (χ0v) is 16.5. The maximum Gasteiger partial charge on any atom is 0.425 e. The summed E-state index contributed by atoms with van der Waals surface area (Å²) in [6.07, 6.45) is 1.89. The molecular weight excluding hydrogens is 403 g/mol. The van der Waals surface area contributed by atoms with Crippen molar-refractivity contribution >= 4 is 57.9 Å². The number of aromatic nitrogens is 1. The molecule has 0 spiro atoms. The average molecular weight is 422 g/mol. The van der Waals surface area contributed by atoms with Gasteiger partial charge >= 0.3 is 12.1 Å². The molecule has 26 heavy (non-hydrogen) atoms. The lowest BCUT2D eigenvalue weighted by Gasteiger charge is -2.40. The van der Waals surface area contributed by atoms with Gasteiger partial charge in [0.05, 0.1) is 6.61 Å². The van der Waals surface area contributed by atoms with E-state index in [1.54, 1.807) is 18.2 Å². The summed E-state index contributed by atoms with van der Waals surface area (Å²) in [6, 6.07) is 7.10. The zero-order chi connectivity index (χ0) is 19.5. The third kappa shape index (κ3) is 3.46. The van der Waals surface area contributed by atoms with Crippen LogP contribution in [0.5, 0.6) is 0 Å². The highest BCUT2D eigenvalue weighted by atomic mass is 35.5. The molecule has 1 aromatic heterocycles. The standard InChI is InChI=1S/C17H19Cl3N2O4/c1-3-4-9-26-15(25)22(20)16(2,14(23)24)17(18,19)12-10-21-13-8-6-5-7-11(12)13/h5-8,10,21H,3-4,9H2,1-2H3,(H,23,24)/t16-/m1/s1. The zero-order valence-electron chi connectivity index (χ0n) is 14.3. The van der Waals surface area contributed by atoms with E-state index in [0.717, 1.165) is 6.42 Å². The van der Waals surface area contributed by atoms with Crippen LogP contribution in [0.2, 0.25) is 0 Å². The minimum absolute atomic E-state index is 0.110. The van der Waals surface area contributed by atoms with Crippen LogP contribution in [0, 0.1) is 0 Å². The molecule has 2 rings (SSSR count). The van der Waals surface area contributed by atoms with Crippen molar-refractivity contribution in [2.45, 2.75) is 36.6 Å². The highest BCUT2D eigenvalue weighted by molar-refractivity contribution is 6.51. The number of carbonyl (C=O) groups excluding carboxylic acids is 1. The second-order valence-electron chi connectivity index (χ2n) is 5.95. The Kier molecular flexibility index (Phi) is 6.32. The van der Waals surface area contributed by atoms with Crippen LogP contribution in [-0.4, -0.2) is 38.7 Å². The minimum Gasteiger partial charge on any atom is -0.479 e. The average Bonchev–Trinajstić information content (AvgIpc) is 3.04. The number of nitrogens with one attached hydrogen (secondary N) is 1. The third-order valence-electron chi connectivity index (χ3n) is 4.23. The SMILES string of the molecule is CCCCOC(=O)N(Cl)[C@](C)(C(=O)O)C(Cl)(Cl)c1c[nH]c2ccccc12. The summed E-state index contributed by atoms with van der Waals surface area (Å²) in [4.78, 5) is 27.3. The number of hydrogen-bond donors (Lipinski definition) is 2. The number of nitrogens with zero attached hydrogens (tertiary/aromatic N) is 1. The summed E-state index contributed by atoms with van der Waals surface area (Å²) in [6.45, 7) is 3.21. The molecule has 2 N–H and O–H groups in total. The molecule has 0 bridgehead atoms. The Labute approximate surface area is 166 Å². The van der Waals surface area contributed by atoms with Gasteiger partial charge < -0.3 is 14.8 Å². The van der Waals surface area contributed by atoms with Gasteiger partial charge in [0.2, 0.25) is 0 Å². The molecule has 1 atom stereocenters. The molecule has 142 valence electrons. The quantitative estimate of drug-likeness (QED) is 0.373. The fourth-order valence-corrected chi connectivity index (χ4v) is 3.46. The van der Waals surface area contributed by atoms with E-state index >= 15 is 0 Å². The van der Waals surface area contributed by atoms with E-state index in [1.165, 1.54) is 13.1 Å². The third-order valence-corrected chi connectivity index (χ3v) is 5.85. The van der Waals surface area contributed by atoms with Gasteiger partial charge in [-0.15, -0.1) is 0 Å². The topological polar surface area (TPSA) is 82.6 Å². The molecule has 0 fully saturated rings. The van der Waals surface area contributed by atoms with Gasteiger partial charge in [0.25, 0.3) is 0 Å². The first-order chi connectivity index (χ1) is 12.2. The number of unbranched alkanes of at least 4 members (excludes halogenated alkanes) is 1. The summed E-state index contributed by atoms with van der Waals surface area (Å²) >= 11 is 19.1. The lowest BCUT2D eigenvalue weighted by atomic mass is 9.91. The van der Waals surface area contributed by atoms with Crippen LogP contribution in [0.15, 0.2) is 30.5 Å². The molecule has 2 aromatic rings. The number of alkyl halides is 2. The first kappa shape index (κ1) is 20.7. The normalized spacial score (nSPS) is 14.0. The molecule has 1 heterocycles. The number of carbonyl (C=O) groups is 2. The molecule has 6 nitrogen and oxygen atoms in total. The number of carboxylic acid groups (broad SMARTS) is 1. The fourth-order valence-electron chi connectivity index (χ4n) is 2.48. The molecule has 0 aliphatic heterocycles. The number of benzene rings is 1.